The van der Waals surface area contributed by atoms with Crippen molar-refractivity contribution in [1.82, 2.24) is 10.3 Å². The molecule has 0 fully saturated rings. The first-order chi connectivity index (χ1) is 9.32. The van der Waals surface area contributed by atoms with Crippen molar-refractivity contribution in [1.29, 1.82) is 0 Å². The molecule has 1 amide bonds. The summed E-state index contributed by atoms with van der Waals surface area (Å²) in [5, 5.41) is 11.5. The summed E-state index contributed by atoms with van der Waals surface area (Å²) in [5.41, 5.74) is 0.158. The Hall–Kier alpha value is -2.11. The lowest BCUT2D eigenvalue weighted by molar-refractivity contribution is -0.141. The zero-order valence-corrected chi connectivity index (χ0v) is 12.1. The molecule has 0 aliphatic rings. The number of aliphatic carboxylic acids is 1. The summed E-state index contributed by atoms with van der Waals surface area (Å²) in [6.45, 7) is 6.88. The topological polar surface area (TPSA) is 88.5 Å². The van der Waals surface area contributed by atoms with E-state index < -0.39 is 23.8 Å². The van der Waals surface area contributed by atoms with Crippen molar-refractivity contribution in [3.8, 4) is 5.75 Å². The van der Waals surface area contributed by atoms with Gasteiger partial charge in [-0.05, 0) is 39.8 Å². The fraction of sp³-hybridized carbons (Fsp3) is 0.500. The predicted molar refractivity (Wildman–Crippen MR) is 73.7 cm³/mol. The fourth-order valence-corrected chi connectivity index (χ4v) is 1.52. The molecule has 6 heteroatoms. The van der Waals surface area contributed by atoms with Crippen LogP contribution in [0.3, 0.4) is 0 Å². The SMILES string of the molecule is CC(C)Oc1cccnc1C(=O)NC(C)C(C)C(=O)O. The molecule has 2 atom stereocenters. The van der Waals surface area contributed by atoms with Crippen LogP contribution in [0.1, 0.15) is 38.2 Å². The number of hydrogen-bond acceptors (Lipinski definition) is 4. The fourth-order valence-electron chi connectivity index (χ4n) is 1.52. The lowest BCUT2D eigenvalue weighted by Gasteiger charge is -2.19. The Labute approximate surface area is 118 Å². The van der Waals surface area contributed by atoms with E-state index in [1.165, 1.54) is 13.1 Å². The molecular weight excluding hydrogens is 260 g/mol. The van der Waals surface area contributed by atoms with E-state index in [1.807, 2.05) is 13.8 Å². The number of amides is 1. The van der Waals surface area contributed by atoms with Gasteiger partial charge in [0.05, 0.1) is 12.0 Å². The number of rotatable bonds is 6. The minimum Gasteiger partial charge on any atom is -0.489 e. The minimum atomic E-state index is -0.961. The van der Waals surface area contributed by atoms with Crippen molar-refractivity contribution in [3.05, 3.63) is 24.0 Å². The molecule has 2 unspecified atom stereocenters. The summed E-state index contributed by atoms with van der Waals surface area (Å²) >= 11 is 0. The molecule has 110 valence electrons. The van der Waals surface area contributed by atoms with Crippen LogP contribution in [0.25, 0.3) is 0 Å². The summed E-state index contributed by atoms with van der Waals surface area (Å²) in [6.07, 6.45) is 1.41. The Morgan fingerprint density at radius 3 is 2.50 bits per heavy atom. The molecule has 0 radical (unpaired) electrons. The number of hydrogen-bond donors (Lipinski definition) is 2. The normalized spacial score (nSPS) is 13.7. The third-order valence-electron chi connectivity index (χ3n) is 2.85. The third kappa shape index (κ3) is 4.22. The summed E-state index contributed by atoms with van der Waals surface area (Å²) < 4.78 is 5.52. The van der Waals surface area contributed by atoms with Gasteiger partial charge in [-0.3, -0.25) is 9.59 Å². The zero-order valence-electron chi connectivity index (χ0n) is 12.1. The number of ether oxygens (including phenoxy) is 1. The average Bonchev–Trinajstić information content (AvgIpc) is 2.37. The molecule has 1 aromatic rings. The molecule has 0 aliphatic heterocycles. The van der Waals surface area contributed by atoms with Crippen LogP contribution in [0, 0.1) is 5.92 Å². The highest BCUT2D eigenvalue weighted by molar-refractivity contribution is 5.95. The van der Waals surface area contributed by atoms with Crippen LogP contribution in [-0.2, 0) is 4.79 Å². The molecule has 1 heterocycles. The number of carbonyl (C=O) groups excluding carboxylic acids is 1. The molecule has 1 aromatic heterocycles. The van der Waals surface area contributed by atoms with Crippen molar-refractivity contribution in [3.63, 3.8) is 0 Å². The van der Waals surface area contributed by atoms with Crippen molar-refractivity contribution in [2.45, 2.75) is 39.8 Å². The van der Waals surface area contributed by atoms with E-state index in [2.05, 4.69) is 10.3 Å². The van der Waals surface area contributed by atoms with Crippen LogP contribution in [0.4, 0.5) is 0 Å². The Morgan fingerprint density at radius 2 is 1.95 bits per heavy atom. The van der Waals surface area contributed by atoms with Crippen LogP contribution in [-0.4, -0.2) is 34.1 Å². The van der Waals surface area contributed by atoms with Gasteiger partial charge in [0.15, 0.2) is 11.4 Å². The molecule has 0 saturated carbocycles. The summed E-state index contributed by atoms with van der Waals surface area (Å²) in [4.78, 5) is 27.0. The van der Waals surface area contributed by atoms with Crippen molar-refractivity contribution in [2.75, 3.05) is 0 Å². The van der Waals surface area contributed by atoms with Crippen molar-refractivity contribution in [2.24, 2.45) is 5.92 Å². The van der Waals surface area contributed by atoms with E-state index in [0.717, 1.165) is 0 Å². The first-order valence-corrected chi connectivity index (χ1v) is 6.48. The smallest absolute Gasteiger partial charge is 0.308 e. The maximum absolute atomic E-state index is 12.1. The van der Waals surface area contributed by atoms with Gasteiger partial charge in [0.2, 0.25) is 0 Å². The summed E-state index contributed by atoms with van der Waals surface area (Å²) in [5.74, 6) is -1.70. The third-order valence-corrected chi connectivity index (χ3v) is 2.85. The van der Waals surface area contributed by atoms with Gasteiger partial charge in [-0.1, -0.05) is 0 Å². The van der Waals surface area contributed by atoms with Gasteiger partial charge >= 0.3 is 5.97 Å². The average molecular weight is 280 g/mol. The Bertz CT molecular complexity index is 488. The standard InChI is InChI=1S/C14H20N2O4/c1-8(2)20-11-6-5-7-15-12(11)13(17)16-10(4)9(3)14(18)19/h5-10H,1-4H3,(H,16,17)(H,18,19). The van der Waals surface area contributed by atoms with Gasteiger partial charge in [0.25, 0.3) is 5.91 Å². The maximum Gasteiger partial charge on any atom is 0.308 e. The van der Waals surface area contributed by atoms with Gasteiger partial charge in [0.1, 0.15) is 0 Å². The Kier molecular flexibility index (Phi) is 5.49. The van der Waals surface area contributed by atoms with Gasteiger partial charge in [-0.25, -0.2) is 4.98 Å². The number of carbonyl (C=O) groups is 2. The molecule has 0 saturated heterocycles. The number of aromatic nitrogens is 1. The van der Waals surface area contributed by atoms with Gasteiger partial charge < -0.3 is 15.2 Å². The van der Waals surface area contributed by atoms with Gasteiger partial charge in [0, 0.05) is 12.2 Å². The lowest BCUT2D eigenvalue weighted by Crippen LogP contribution is -2.40. The van der Waals surface area contributed by atoms with Crippen LogP contribution in [0.5, 0.6) is 5.75 Å². The molecule has 6 nitrogen and oxygen atoms in total. The van der Waals surface area contributed by atoms with Crippen molar-refractivity contribution < 1.29 is 19.4 Å². The number of carboxylic acids is 1. The number of nitrogens with zero attached hydrogens (tertiary/aromatic N) is 1. The second kappa shape index (κ2) is 6.88. The molecular formula is C14H20N2O4. The molecule has 0 aliphatic carbocycles. The molecule has 0 aromatic carbocycles. The summed E-state index contributed by atoms with van der Waals surface area (Å²) in [6, 6.07) is 2.83. The maximum atomic E-state index is 12.1. The largest absolute Gasteiger partial charge is 0.489 e. The van der Waals surface area contributed by atoms with Gasteiger partial charge in [-0.15, -0.1) is 0 Å². The van der Waals surface area contributed by atoms with Crippen LogP contribution >= 0.6 is 0 Å². The predicted octanol–water partition coefficient (Wildman–Crippen LogP) is 1.71. The van der Waals surface area contributed by atoms with Gasteiger partial charge in [-0.2, -0.15) is 0 Å². The Balaban J connectivity index is 2.85. The molecule has 2 N–H and O–H groups in total. The molecule has 1 rings (SSSR count). The highest BCUT2D eigenvalue weighted by Gasteiger charge is 2.23. The highest BCUT2D eigenvalue weighted by Crippen LogP contribution is 2.17. The second-order valence-electron chi connectivity index (χ2n) is 4.91. The van der Waals surface area contributed by atoms with Crippen molar-refractivity contribution >= 4 is 11.9 Å². The van der Waals surface area contributed by atoms with Crippen LogP contribution in [0.15, 0.2) is 18.3 Å². The van der Waals surface area contributed by atoms with E-state index >= 15 is 0 Å². The van der Waals surface area contributed by atoms with E-state index in [4.69, 9.17) is 9.84 Å². The zero-order chi connectivity index (χ0) is 15.3. The molecule has 0 bridgehead atoms. The minimum absolute atomic E-state index is 0.0823. The number of carboxylic acid groups (broad SMARTS) is 1. The quantitative estimate of drug-likeness (QED) is 0.828. The Morgan fingerprint density at radius 1 is 1.30 bits per heavy atom. The lowest BCUT2D eigenvalue weighted by atomic mass is 10.0. The number of pyridine rings is 1. The highest BCUT2D eigenvalue weighted by atomic mass is 16.5. The van der Waals surface area contributed by atoms with E-state index in [9.17, 15) is 9.59 Å². The van der Waals surface area contributed by atoms with Crippen LogP contribution < -0.4 is 10.1 Å². The number of nitrogens with one attached hydrogen (secondary N) is 1. The second-order valence-corrected chi connectivity index (χ2v) is 4.91. The van der Waals surface area contributed by atoms with E-state index in [0.29, 0.717) is 5.75 Å². The monoisotopic (exact) mass is 280 g/mol. The van der Waals surface area contributed by atoms with E-state index in [-0.39, 0.29) is 11.8 Å². The first kappa shape index (κ1) is 15.9. The summed E-state index contributed by atoms with van der Waals surface area (Å²) in [7, 11) is 0. The van der Waals surface area contributed by atoms with Crippen LogP contribution in [0.2, 0.25) is 0 Å². The molecule has 20 heavy (non-hydrogen) atoms. The molecule has 0 spiro atoms. The van der Waals surface area contributed by atoms with E-state index in [1.54, 1.807) is 19.1 Å². The first-order valence-electron chi connectivity index (χ1n) is 6.48.